The molecule has 0 heterocycles. The van der Waals surface area contributed by atoms with E-state index in [-0.39, 0.29) is 6.42 Å². The molecule has 0 bridgehead atoms. The highest BCUT2D eigenvalue weighted by atomic mass is 16.5. The Bertz CT molecular complexity index is 1210. The summed E-state index contributed by atoms with van der Waals surface area (Å²) in [7, 11) is 0. The molecule has 0 unspecified atom stereocenters. The normalized spacial score (nSPS) is 10.3. The van der Waals surface area contributed by atoms with Crippen molar-refractivity contribution in [3.05, 3.63) is 95.1 Å². The maximum absolute atomic E-state index is 12.2. The van der Waals surface area contributed by atoms with E-state index in [1.165, 1.54) is 6.21 Å². The highest BCUT2D eigenvalue weighted by Crippen LogP contribution is 2.14. The van der Waals surface area contributed by atoms with Crippen LogP contribution in [0.1, 0.15) is 27.0 Å². The molecule has 3 rings (SSSR count). The zero-order valence-electron chi connectivity index (χ0n) is 17.7. The zero-order chi connectivity index (χ0) is 23.6. The smallest absolute Gasteiger partial charge is 0.343 e. The van der Waals surface area contributed by atoms with Gasteiger partial charge in [0.2, 0.25) is 0 Å². The number of benzene rings is 3. The summed E-state index contributed by atoms with van der Waals surface area (Å²) >= 11 is 0. The number of hydrogen-bond acceptors (Lipinski definition) is 6. The molecule has 8 nitrogen and oxygen atoms in total. The summed E-state index contributed by atoms with van der Waals surface area (Å²) in [5.74, 6) is -1.91. The van der Waals surface area contributed by atoms with Crippen molar-refractivity contribution in [1.29, 1.82) is 5.26 Å². The molecular weight excluding hydrogens is 420 g/mol. The van der Waals surface area contributed by atoms with Gasteiger partial charge in [-0.05, 0) is 66.6 Å². The lowest BCUT2D eigenvalue weighted by atomic mass is 10.1. The second-order valence-electron chi connectivity index (χ2n) is 7.01. The molecule has 0 saturated heterocycles. The maximum atomic E-state index is 12.2. The number of esters is 1. The van der Waals surface area contributed by atoms with Gasteiger partial charge in [0, 0.05) is 5.69 Å². The number of hydrazone groups is 1. The Kier molecular flexibility index (Phi) is 7.65. The van der Waals surface area contributed by atoms with Gasteiger partial charge in [0.15, 0.2) is 0 Å². The monoisotopic (exact) mass is 440 g/mol. The van der Waals surface area contributed by atoms with Crippen LogP contribution in [0.25, 0.3) is 0 Å². The van der Waals surface area contributed by atoms with Gasteiger partial charge in [-0.2, -0.15) is 10.4 Å². The minimum Gasteiger partial charge on any atom is -0.423 e. The summed E-state index contributed by atoms with van der Waals surface area (Å²) in [6.07, 6.45) is 1.62. The number of nitriles is 1. The molecule has 0 radical (unpaired) electrons. The van der Waals surface area contributed by atoms with Crippen LogP contribution >= 0.6 is 0 Å². The third-order valence-electron chi connectivity index (χ3n) is 4.46. The zero-order valence-corrected chi connectivity index (χ0v) is 17.7. The Labute approximate surface area is 190 Å². The fourth-order valence-corrected chi connectivity index (χ4v) is 2.68. The van der Waals surface area contributed by atoms with Crippen molar-refractivity contribution in [2.75, 3.05) is 5.32 Å². The van der Waals surface area contributed by atoms with E-state index >= 15 is 0 Å². The van der Waals surface area contributed by atoms with Gasteiger partial charge in [0.05, 0.1) is 24.3 Å². The fraction of sp³-hybridized carbons (Fsp3) is 0.0800. The molecule has 0 atom stereocenters. The van der Waals surface area contributed by atoms with Crippen LogP contribution in [0.4, 0.5) is 5.69 Å². The second kappa shape index (κ2) is 11.0. The number of nitrogens with zero attached hydrogens (tertiary/aromatic N) is 2. The molecule has 33 heavy (non-hydrogen) atoms. The van der Waals surface area contributed by atoms with Gasteiger partial charge in [-0.3, -0.25) is 9.59 Å². The molecular formula is C25H20N4O4. The van der Waals surface area contributed by atoms with Crippen LogP contribution in [0.15, 0.2) is 77.9 Å². The topological polar surface area (TPSA) is 121 Å². The molecule has 3 aromatic rings. The maximum Gasteiger partial charge on any atom is 0.343 e. The number of ether oxygens (including phenoxy) is 1. The van der Waals surface area contributed by atoms with E-state index in [2.05, 4.69) is 15.8 Å². The summed E-state index contributed by atoms with van der Waals surface area (Å²) in [4.78, 5) is 36.0. The summed E-state index contributed by atoms with van der Waals surface area (Å²) in [6, 6.07) is 22.2. The van der Waals surface area contributed by atoms with E-state index in [9.17, 15) is 14.4 Å². The van der Waals surface area contributed by atoms with Crippen LogP contribution < -0.4 is 15.5 Å². The van der Waals surface area contributed by atoms with Gasteiger partial charge in [-0.25, -0.2) is 10.2 Å². The van der Waals surface area contributed by atoms with Crippen molar-refractivity contribution in [1.82, 2.24) is 5.43 Å². The molecule has 164 valence electrons. The lowest BCUT2D eigenvalue weighted by Crippen LogP contribution is -2.32. The number of amides is 2. The first kappa shape index (κ1) is 22.9. The molecule has 2 N–H and O–H groups in total. The predicted octanol–water partition coefficient (Wildman–Crippen LogP) is 3.37. The minimum atomic E-state index is -0.934. The van der Waals surface area contributed by atoms with Gasteiger partial charge in [-0.15, -0.1) is 0 Å². The highest BCUT2D eigenvalue weighted by molar-refractivity contribution is 6.39. The van der Waals surface area contributed by atoms with Crippen molar-refractivity contribution in [3.63, 3.8) is 0 Å². The lowest BCUT2D eigenvalue weighted by molar-refractivity contribution is -0.136. The fourth-order valence-electron chi connectivity index (χ4n) is 2.68. The molecule has 0 fully saturated rings. The van der Waals surface area contributed by atoms with E-state index in [0.717, 1.165) is 11.1 Å². The van der Waals surface area contributed by atoms with Crippen molar-refractivity contribution in [2.24, 2.45) is 5.10 Å². The van der Waals surface area contributed by atoms with E-state index in [1.54, 1.807) is 60.7 Å². The SMILES string of the molecule is Cc1ccc(C(=O)Oc2ccc(/C=N/NC(=O)C(=O)Nc3ccc(CC#N)cc3)cc2)cc1. The third-order valence-corrected chi connectivity index (χ3v) is 4.46. The average Bonchev–Trinajstić information content (AvgIpc) is 2.82. The highest BCUT2D eigenvalue weighted by Gasteiger charge is 2.13. The quantitative estimate of drug-likeness (QED) is 0.200. The Morgan fingerprint density at radius 1 is 0.939 bits per heavy atom. The molecule has 8 heteroatoms. The van der Waals surface area contributed by atoms with Crippen molar-refractivity contribution in [2.45, 2.75) is 13.3 Å². The van der Waals surface area contributed by atoms with E-state index in [4.69, 9.17) is 10.00 Å². The van der Waals surface area contributed by atoms with Gasteiger partial charge in [-0.1, -0.05) is 29.8 Å². The van der Waals surface area contributed by atoms with E-state index < -0.39 is 17.8 Å². The van der Waals surface area contributed by atoms with Crippen molar-refractivity contribution >= 4 is 29.7 Å². The first-order valence-corrected chi connectivity index (χ1v) is 9.94. The summed E-state index contributed by atoms with van der Waals surface area (Å²) in [5.41, 5.74) is 5.50. The predicted molar refractivity (Wildman–Crippen MR) is 123 cm³/mol. The number of rotatable bonds is 6. The van der Waals surface area contributed by atoms with Gasteiger partial charge >= 0.3 is 17.8 Å². The third kappa shape index (κ3) is 6.87. The second-order valence-corrected chi connectivity index (χ2v) is 7.01. The minimum absolute atomic E-state index is 0.263. The molecule has 3 aromatic carbocycles. The Morgan fingerprint density at radius 3 is 2.24 bits per heavy atom. The van der Waals surface area contributed by atoms with Crippen molar-refractivity contribution in [3.8, 4) is 11.8 Å². The van der Waals surface area contributed by atoms with Crippen LogP contribution in [-0.2, 0) is 16.0 Å². The Hall–Kier alpha value is -4.77. The van der Waals surface area contributed by atoms with E-state index in [0.29, 0.717) is 22.6 Å². The number of anilines is 1. The van der Waals surface area contributed by atoms with Gasteiger partial charge in [0.25, 0.3) is 0 Å². The van der Waals surface area contributed by atoms with Gasteiger partial charge < -0.3 is 10.1 Å². The van der Waals surface area contributed by atoms with Crippen LogP contribution in [-0.4, -0.2) is 24.0 Å². The molecule has 0 aliphatic rings. The largest absolute Gasteiger partial charge is 0.423 e. The van der Waals surface area contributed by atoms with Crippen LogP contribution in [0.3, 0.4) is 0 Å². The molecule has 0 aromatic heterocycles. The van der Waals surface area contributed by atoms with Gasteiger partial charge in [0.1, 0.15) is 5.75 Å². The summed E-state index contributed by atoms with van der Waals surface area (Å²) in [6.45, 7) is 1.93. The van der Waals surface area contributed by atoms with Crippen LogP contribution in [0.5, 0.6) is 5.75 Å². The van der Waals surface area contributed by atoms with Crippen LogP contribution in [0.2, 0.25) is 0 Å². The summed E-state index contributed by atoms with van der Waals surface area (Å²) < 4.78 is 5.32. The van der Waals surface area contributed by atoms with E-state index in [1.807, 2.05) is 25.1 Å². The molecule has 0 aliphatic heterocycles. The number of carbonyl (C=O) groups excluding carboxylic acids is 3. The first-order chi connectivity index (χ1) is 15.9. The number of nitrogens with one attached hydrogen (secondary N) is 2. The number of carbonyl (C=O) groups is 3. The molecule has 0 spiro atoms. The lowest BCUT2D eigenvalue weighted by Gasteiger charge is -2.05. The van der Waals surface area contributed by atoms with Crippen molar-refractivity contribution < 1.29 is 19.1 Å². The Balaban J connectivity index is 1.48. The molecule has 0 saturated carbocycles. The number of hydrogen-bond donors (Lipinski definition) is 2. The molecule has 2 amide bonds. The standard InChI is InChI=1S/C25H20N4O4/c1-17-2-8-20(9-3-17)25(32)33-22-12-6-19(7-13-22)16-27-29-24(31)23(30)28-21-10-4-18(5-11-21)14-15-26/h2-13,16H,14H2,1H3,(H,28,30)(H,29,31)/b27-16+. The Morgan fingerprint density at radius 2 is 1.61 bits per heavy atom. The molecule has 0 aliphatic carbocycles. The average molecular weight is 440 g/mol. The number of aryl methyl sites for hydroxylation is 1. The summed E-state index contributed by atoms with van der Waals surface area (Å²) in [5, 5.41) is 14.9. The van der Waals surface area contributed by atoms with Crippen LogP contribution in [0, 0.1) is 18.3 Å². The first-order valence-electron chi connectivity index (χ1n) is 9.94.